The van der Waals surface area contributed by atoms with Gasteiger partial charge in [0, 0.05) is 34.3 Å². The maximum Gasteiger partial charge on any atom is 0.135 e. The van der Waals surface area contributed by atoms with Gasteiger partial charge in [0.15, 0.2) is 0 Å². The smallest absolute Gasteiger partial charge is 0.135 e. The molecule has 1 aliphatic heterocycles. The van der Waals surface area contributed by atoms with Gasteiger partial charge in [-0.05, 0) is 62.3 Å². The van der Waals surface area contributed by atoms with Crippen LogP contribution in [0.3, 0.4) is 0 Å². The number of fused-ring (bicyclic) bond motifs is 2. The number of nitrogens with one attached hydrogen (secondary N) is 3. The van der Waals surface area contributed by atoms with Crippen LogP contribution >= 0.6 is 0 Å². The molecule has 1 aliphatic rings. The van der Waals surface area contributed by atoms with Crippen molar-refractivity contribution in [2.75, 3.05) is 13.1 Å². The van der Waals surface area contributed by atoms with Crippen molar-refractivity contribution in [3.63, 3.8) is 0 Å². The van der Waals surface area contributed by atoms with Crippen LogP contribution in [0.4, 0.5) is 4.39 Å². The highest BCUT2D eigenvalue weighted by molar-refractivity contribution is 5.98. The van der Waals surface area contributed by atoms with E-state index in [2.05, 4.69) is 37.6 Å². The predicted octanol–water partition coefficient (Wildman–Crippen LogP) is 4.77. The Kier molecular flexibility index (Phi) is 4.28. The Labute approximate surface area is 177 Å². The third-order valence-electron chi connectivity index (χ3n) is 6.09. The molecular formula is C24H21FN6. The standard InChI is InChI=1S/C24H21FN6/c25-16-3-1-2-15(12-16)22-17-13-21(28-19(17)8-11-27-22)24-23-20(30-31-24)5-4-18(29-23)14-6-9-26-10-7-14/h1-5,8,11-14,26,28H,6-7,9-10H2,(H,30,31). The number of benzene rings is 1. The van der Waals surface area contributed by atoms with Crippen molar-refractivity contribution >= 4 is 21.9 Å². The van der Waals surface area contributed by atoms with Crippen molar-refractivity contribution in [2.24, 2.45) is 0 Å². The summed E-state index contributed by atoms with van der Waals surface area (Å²) in [5, 5.41) is 12.0. The lowest BCUT2D eigenvalue weighted by atomic mass is 9.94. The van der Waals surface area contributed by atoms with Crippen LogP contribution in [0.25, 0.3) is 44.6 Å². The SMILES string of the molecule is Fc1cccc(-c2nccc3[nH]c(-c4n[nH]c5ccc(C6CCNCC6)nc45)cc23)c1. The summed E-state index contributed by atoms with van der Waals surface area (Å²) in [4.78, 5) is 13.0. The summed E-state index contributed by atoms with van der Waals surface area (Å²) in [6.45, 7) is 2.06. The summed E-state index contributed by atoms with van der Waals surface area (Å²) in [5.74, 6) is 0.194. The van der Waals surface area contributed by atoms with E-state index in [9.17, 15) is 4.39 Å². The van der Waals surface area contributed by atoms with Crippen LogP contribution in [0.1, 0.15) is 24.5 Å². The minimum absolute atomic E-state index is 0.278. The molecule has 6 rings (SSSR count). The van der Waals surface area contributed by atoms with Gasteiger partial charge in [0.05, 0.1) is 16.9 Å². The Morgan fingerprint density at radius 1 is 0.935 bits per heavy atom. The molecule has 1 fully saturated rings. The van der Waals surface area contributed by atoms with Crippen molar-refractivity contribution in [1.82, 2.24) is 30.5 Å². The van der Waals surface area contributed by atoms with E-state index in [1.807, 2.05) is 18.2 Å². The quantitative estimate of drug-likeness (QED) is 0.399. The maximum atomic E-state index is 13.8. The number of H-pyrrole nitrogens is 2. The fourth-order valence-corrected chi connectivity index (χ4v) is 4.49. The van der Waals surface area contributed by atoms with Crippen molar-refractivity contribution in [1.29, 1.82) is 0 Å². The van der Waals surface area contributed by atoms with Crippen molar-refractivity contribution in [3.05, 3.63) is 66.2 Å². The van der Waals surface area contributed by atoms with Crippen LogP contribution < -0.4 is 5.32 Å². The van der Waals surface area contributed by atoms with E-state index in [0.717, 1.165) is 76.2 Å². The van der Waals surface area contributed by atoms with Crippen molar-refractivity contribution < 1.29 is 4.39 Å². The van der Waals surface area contributed by atoms with Gasteiger partial charge in [0.1, 0.15) is 17.0 Å². The zero-order chi connectivity index (χ0) is 20.8. The van der Waals surface area contributed by atoms with E-state index in [0.29, 0.717) is 5.92 Å². The number of halogens is 1. The van der Waals surface area contributed by atoms with E-state index in [1.54, 1.807) is 12.3 Å². The number of hydrogen-bond donors (Lipinski definition) is 3. The highest BCUT2D eigenvalue weighted by Gasteiger charge is 2.20. The molecule has 3 N–H and O–H groups in total. The average molecular weight is 412 g/mol. The van der Waals surface area contributed by atoms with Crippen molar-refractivity contribution in [3.8, 4) is 22.6 Å². The molecule has 0 unspecified atom stereocenters. The Morgan fingerprint density at radius 3 is 2.71 bits per heavy atom. The normalized spacial score (nSPS) is 15.1. The second-order valence-corrected chi connectivity index (χ2v) is 8.04. The fraction of sp³-hybridized carbons (Fsp3) is 0.208. The third kappa shape index (κ3) is 3.18. The second kappa shape index (κ2) is 7.28. The molecule has 6 nitrogen and oxygen atoms in total. The van der Waals surface area contributed by atoms with Gasteiger partial charge in [-0.2, -0.15) is 5.10 Å². The molecule has 0 spiro atoms. The highest BCUT2D eigenvalue weighted by Crippen LogP contribution is 2.33. The summed E-state index contributed by atoms with van der Waals surface area (Å²) >= 11 is 0. The second-order valence-electron chi connectivity index (χ2n) is 8.04. The van der Waals surface area contributed by atoms with Gasteiger partial charge in [-0.1, -0.05) is 12.1 Å². The first-order valence-corrected chi connectivity index (χ1v) is 10.6. The number of aromatic nitrogens is 5. The number of pyridine rings is 2. The molecule has 1 saturated heterocycles. The summed E-state index contributed by atoms with van der Waals surface area (Å²) in [6, 6.07) is 14.6. The molecule has 0 radical (unpaired) electrons. The van der Waals surface area contributed by atoms with E-state index in [1.165, 1.54) is 12.1 Å². The lowest BCUT2D eigenvalue weighted by Gasteiger charge is -2.22. The lowest BCUT2D eigenvalue weighted by molar-refractivity contribution is 0.454. The molecule has 0 saturated carbocycles. The van der Waals surface area contributed by atoms with Crippen LogP contribution in [0.15, 0.2) is 54.7 Å². The molecule has 5 heterocycles. The van der Waals surface area contributed by atoms with Crippen molar-refractivity contribution in [2.45, 2.75) is 18.8 Å². The summed E-state index contributed by atoms with van der Waals surface area (Å²) in [6.07, 6.45) is 3.93. The summed E-state index contributed by atoms with van der Waals surface area (Å²) < 4.78 is 13.8. The van der Waals surface area contributed by atoms with E-state index >= 15 is 0 Å². The zero-order valence-electron chi connectivity index (χ0n) is 16.8. The summed E-state index contributed by atoms with van der Waals surface area (Å²) in [5.41, 5.74) is 6.95. The van der Waals surface area contributed by atoms with Gasteiger partial charge in [-0.15, -0.1) is 0 Å². The first kappa shape index (κ1) is 18.2. The number of hydrogen-bond acceptors (Lipinski definition) is 4. The number of nitrogens with zero attached hydrogens (tertiary/aromatic N) is 3. The van der Waals surface area contributed by atoms with Crippen LogP contribution in [-0.4, -0.2) is 38.2 Å². The molecule has 154 valence electrons. The van der Waals surface area contributed by atoms with Crippen LogP contribution in [0, 0.1) is 5.82 Å². The molecule has 5 aromatic rings. The molecule has 0 aliphatic carbocycles. The predicted molar refractivity (Wildman–Crippen MR) is 119 cm³/mol. The maximum absolute atomic E-state index is 13.8. The average Bonchev–Trinajstić information content (AvgIpc) is 3.43. The van der Waals surface area contributed by atoms with E-state index in [4.69, 9.17) is 4.98 Å². The Hall–Kier alpha value is -3.58. The van der Waals surface area contributed by atoms with Crippen LogP contribution in [0.5, 0.6) is 0 Å². The minimum Gasteiger partial charge on any atom is -0.353 e. The third-order valence-corrected chi connectivity index (χ3v) is 6.09. The molecule has 31 heavy (non-hydrogen) atoms. The Morgan fingerprint density at radius 2 is 1.84 bits per heavy atom. The first-order valence-electron chi connectivity index (χ1n) is 10.6. The fourth-order valence-electron chi connectivity index (χ4n) is 4.49. The minimum atomic E-state index is -0.278. The lowest BCUT2D eigenvalue weighted by Crippen LogP contribution is -2.27. The van der Waals surface area contributed by atoms with Gasteiger partial charge in [0.2, 0.25) is 0 Å². The Balaban J connectivity index is 1.47. The topological polar surface area (TPSA) is 82.3 Å². The highest BCUT2D eigenvalue weighted by atomic mass is 19.1. The van der Waals surface area contributed by atoms with Crippen LogP contribution in [-0.2, 0) is 0 Å². The van der Waals surface area contributed by atoms with Crippen LogP contribution in [0.2, 0.25) is 0 Å². The molecule has 0 amide bonds. The van der Waals surface area contributed by atoms with E-state index < -0.39 is 0 Å². The van der Waals surface area contributed by atoms with Gasteiger partial charge < -0.3 is 10.3 Å². The van der Waals surface area contributed by atoms with E-state index in [-0.39, 0.29) is 5.82 Å². The number of aromatic amines is 2. The molecular weight excluding hydrogens is 391 g/mol. The van der Waals surface area contributed by atoms with Gasteiger partial charge in [0.25, 0.3) is 0 Å². The summed E-state index contributed by atoms with van der Waals surface area (Å²) in [7, 11) is 0. The van der Waals surface area contributed by atoms with Gasteiger partial charge in [-0.25, -0.2) is 9.37 Å². The molecule has 1 aromatic carbocycles. The number of piperidine rings is 1. The molecule has 7 heteroatoms. The van der Waals surface area contributed by atoms with Gasteiger partial charge in [-0.3, -0.25) is 10.1 Å². The first-order chi connectivity index (χ1) is 15.3. The monoisotopic (exact) mass is 412 g/mol. The molecule has 0 atom stereocenters. The molecule has 0 bridgehead atoms. The molecule has 4 aromatic heterocycles. The zero-order valence-corrected chi connectivity index (χ0v) is 16.8. The van der Waals surface area contributed by atoms with Gasteiger partial charge >= 0.3 is 0 Å². The Bertz CT molecular complexity index is 1400. The number of rotatable bonds is 3. The largest absolute Gasteiger partial charge is 0.353 e.